The van der Waals surface area contributed by atoms with Crippen molar-refractivity contribution >= 4 is 17.7 Å². The Labute approximate surface area is 144 Å². The summed E-state index contributed by atoms with van der Waals surface area (Å²) < 4.78 is 7.14. The number of unbranched alkanes of at least 4 members (excludes halogenated alkanes) is 1. The fraction of sp³-hybridized carbons (Fsp3) is 0.750. The fourth-order valence-electron chi connectivity index (χ4n) is 2.36. The van der Waals surface area contributed by atoms with E-state index in [1.807, 2.05) is 23.4 Å². The third kappa shape index (κ3) is 6.83. The number of guanidine groups is 1. The number of nitrogens with zero attached hydrogens (tertiary/aromatic N) is 3. The Morgan fingerprint density at radius 1 is 1.30 bits per heavy atom. The second-order valence-corrected chi connectivity index (χ2v) is 6.40. The van der Waals surface area contributed by atoms with Gasteiger partial charge in [-0.2, -0.15) is 16.9 Å². The van der Waals surface area contributed by atoms with E-state index in [2.05, 4.69) is 33.9 Å². The molecule has 0 unspecified atom stereocenters. The van der Waals surface area contributed by atoms with Crippen molar-refractivity contribution in [3.8, 4) is 0 Å². The van der Waals surface area contributed by atoms with Gasteiger partial charge >= 0.3 is 0 Å². The maximum Gasteiger partial charge on any atom is 0.191 e. The summed E-state index contributed by atoms with van der Waals surface area (Å²) in [7, 11) is 3.52. The van der Waals surface area contributed by atoms with Gasteiger partial charge in [0.1, 0.15) is 0 Å². The molecule has 0 aliphatic heterocycles. The van der Waals surface area contributed by atoms with Gasteiger partial charge in [-0.15, -0.1) is 0 Å². The molecule has 0 saturated carbocycles. The molecule has 1 heterocycles. The SMILES string of the molecule is CN=C(NCCCCSC)NCc1c(C)nn(CCOC)c1C. The number of thioether (sulfide) groups is 1. The number of ether oxygens (including phenoxy) is 1. The highest BCUT2D eigenvalue weighted by Crippen LogP contribution is 2.12. The molecule has 0 bridgehead atoms. The van der Waals surface area contributed by atoms with Crippen LogP contribution in [0.3, 0.4) is 0 Å². The van der Waals surface area contributed by atoms with Crippen molar-refractivity contribution in [1.82, 2.24) is 20.4 Å². The zero-order valence-electron chi connectivity index (χ0n) is 15.1. The van der Waals surface area contributed by atoms with Crippen LogP contribution in [0.4, 0.5) is 0 Å². The second-order valence-electron chi connectivity index (χ2n) is 5.42. The van der Waals surface area contributed by atoms with Crippen molar-refractivity contribution in [1.29, 1.82) is 0 Å². The maximum absolute atomic E-state index is 5.13. The first kappa shape index (κ1) is 19.8. The molecule has 2 N–H and O–H groups in total. The molecule has 0 aliphatic carbocycles. The number of hydrogen-bond acceptors (Lipinski definition) is 4. The number of hydrogen-bond donors (Lipinski definition) is 2. The average molecular weight is 342 g/mol. The lowest BCUT2D eigenvalue weighted by molar-refractivity contribution is 0.182. The van der Waals surface area contributed by atoms with Gasteiger partial charge in [0.2, 0.25) is 0 Å². The van der Waals surface area contributed by atoms with E-state index < -0.39 is 0 Å². The molecule has 7 heteroatoms. The van der Waals surface area contributed by atoms with Gasteiger partial charge in [-0.25, -0.2) is 0 Å². The minimum atomic E-state index is 0.675. The summed E-state index contributed by atoms with van der Waals surface area (Å²) in [5.41, 5.74) is 3.47. The summed E-state index contributed by atoms with van der Waals surface area (Å²) in [5, 5.41) is 11.3. The van der Waals surface area contributed by atoms with Crippen molar-refractivity contribution in [3.63, 3.8) is 0 Å². The van der Waals surface area contributed by atoms with E-state index in [1.165, 1.54) is 23.4 Å². The number of rotatable bonds is 10. The molecule has 1 aromatic rings. The lowest BCUT2D eigenvalue weighted by Gasteiger charge is -2.12. The molecule has 0 aromatic carbocycles. The number of methoxy groups -OCH3 is 1. The smallest absolute Gasteiger partial charge is 0.191 e. The van der Waals surface area contributed by atoms with Crippen LogP contribution in [0.15, 0.2) is 4.99 Å². The molecular formula is C16H31N5OS. The molecule has 0 atom stereocenters. The Morgan fingerprint density at radius 2 is 2.09 bits per heavy atom. The van der Waals surface area contributed by atoms with Gasteiger partial charge in [0.15, 0.2) is 5.96 Å². The van der Waals surface area contributed by atoms with Crippen LogP contribution in [0, 0.1) is 13.8 Å². The van der Waals surface area contributed by atoms with Crippen molar-refractivity contribution in [3.05, 3.63) is 17.0 Å². The van der Waals surface area contributed by atoms with Gasteiger partial charge in [-0.05, 0) is 38.7 Å². The van der Waals surface area contributed by atoms with E-state index in [9.17, 15) is 0 Å². The summed E-state index contributed by atoms with van der Waals surface area (Å²) in [6, 6.07) is 0. The van der Waals surface area contributed by atoms with Crippen LogP contribution < -0.4 is 10.6 Å². The molecule has 132 valence electrons. The number of aromatic nitrogens is 2. The van der Waals surface area contributed by atoms with Crippen LogP contribution in [0.2, 0.25) is 0 Å². The van der Waals surface area contributed by atoms with Crippen LogP contribution in [0.25, 0.3) is 0 Å². The maximum atomic E-state index is 5.13. The van der Waals surface area contributed by atoms with E-state index in [4.69, 9.17) is 4.74 Å². The summed E-state index contributed by atoms with van der Waals surface area (Å²) in [6.45, 7) is 7.29. The predicted octanol–water partition coefficient (Wildman–Crippen LogP) is 1.95. The highest BCUT2D eigenvalue weighted by atomic mass is 32.2. The summed E-state index contributed by atoms with van der Waals surface area (Å²) >= 11 is 1.89. The number of nitrogens with one attached hydrogen (secondary N) is 2. The fourth-order valence-corrected chi connectivity index (χ4v) is 2.85. The van der Waals surface area contributed by atoms with E-state index in [0.717, 1.165) is 37.7 Å². The Kier molecular flexibility index (Phi) is 9.78. The lowest BCUT2D eigenvalue weighted by Crippen LogP contribution is -2.37. The molecule has 0 spiro atoms. The molecule has 0 fully saturated rings. The highest BCUT2D eigenvalue weighted by molar-refractivity contribution is 7.98. The van der Waals surface area contributed by atoms with E-state index in [-0.39, 0.29) is 0 Å². The molecule has 0 amide bonds. The quantitative estimate of drug-likeness (QED) is 0.387. The largest absolute Gasteiger partial charge is 0.383 e. The van der Waals surface area contributed by atoms with E-state index in [1.54, 1.807) is 14.2 Å². The van der Waals surface area contributed by atoms with Crippen LogP contribution >= 0.6 is 11.8 Å². The molecule has 6 nitrogen and oxygen atoms in total. The van der Waals surface area contributed by atoms with Gasteiger partial charge in [-0.3, -0.25) is 9.67 Å². The van der Waals surface area contributed by atoms with Crippen LogP contribution in [0.5, 0.6) is 0 Å². The molecular weight excluding hydrogens is 310 g/mol. The normalized spacial score (nSPS) is 11.8. The van der Waals surface area contributed by atoms with Crippen molar-refractivity contribution < 1.29 is 4.74 Å². The predicted molar refractivity (Wildman–Crippen MR) is 99.4 cm³/mol. The average Bonchev–Trinajstić information content (AvgIpc) is 2.82. The van der Waals surface area contributed by atoms with Gasteiger partial charge in [0.25, 0.3) is 0 Å². The van der Waals surface area contributed by atoms with Crippen LogP contribution in [0.1, 0.15) is 29.8 Å². The molecule has 23 heavy (non-hydrogen) atoms. The Balaban J connectivity index is 2.47. The standard InChI is InChI=1S/C16H31N5OS/c1-13-15(14(2)21(20-13)9-10-22-4)12-19-16(17-3)18-8-6-7-11-23-5/h6-12H2,1-5H3,(H2,17,18,19). The minimum Gasteiger partial charge on any atom is -0.383 e. The zero-order chi connectivity index (χ0) is 17.1. The van der Waals surface area contributed by atoms with E-state index >= 15 is 0 Å². The summed E-state index contributed by atoms with van der Waals surface area (Å²) in [5.74, 6) is 2.06. The Morgan fingerprint density at radius 3 is 2.74 bits per heavy atom. The zero-order valence-corrected chi connectivity index (χ0v) is 15.9. The van der Waals surface area contributed by atoms with Gasteiger partial charge in [0.05, 0.1) is 18.8 Å². The van der Waals surface area contributed by atoms with Crippen molar-refractivity contribution in [2.75, 3.05) is 39.3 Å². The molecule has 1 rings (SSSR count). The molecule has 1 aromatic heterocycles. The highest BCUT2D eigenvalue weighted by Gasteiger charge is 2.11. The Hall–Kier alpha value is -1.21. The summed E-state index contributed by atoms with van der Waals surface area (Å²) in [4.78, 5) is 4.28. The first-order valence-electron chi connectivity index (χ1n) is 8.09. The first-order valence-corrected chi connectivity index (χ1v) is 9.48. The molecule has 0 saturated heterocycles. The van der Waals surface area contributed by atoms with Crippen molar-refractivity contribution in [2.24, 2.45) is 4.99 Å². The van der Waals surface area contributed by atoms with Gasteiger partial charge in [-0.1, -0.05) is 0 Å². The topological polar surface area (TPSA) is 63.5 Å². The molecule has 0 aliphatic rings. The number of aliphatic imine (C=N–C) groups is 1. The van der Waals surface area contributed by atoms with Crippen LogP contribution in [-0.2, 0) is 17.8 Å². The van der Waals surface area contributed by atoms with Gasteiger partial charge < -0.3 is 15.4 Å². The molecule has 0 radical (unpaired) electrons. The van der Waals surface area contributed by atoms with E-state index in [0.29, 0.717) is 6.61 Å². The Bertz CT molecular complexity index is 487. The number of aryl methyl sites for hydroxylation is 1. The second kappa shape index (κ2) is 11.3. The third-order valence-electron chi connectivity index (χ3n) is 3.76. The lowest BCUT2D eigenvalue weighted by atomic mass is 10.2. The third-order valence-corrected chi connectivity index (χ3v) is 4.46. The van der Waals surface area contributed by atoms with Crippen molar-refractivity contribution in [2.45, 2.75) is 39.8 Å². The minimum absolute atomic E-state index is 0.675. The monoisotopic (exact) mass is 341 g/mol. The first-order chi connectivity index (χ1) is 11.1. The summed E-state index contributed by atoms with van der Waals surface area (Å²) in [6.07, 6.45) is 4.54. The van der Waals surface area contributed by atoms with Crippen LogP contribution in [-0.4, -0.2) is 55.1 Å². The van der Waals surface area contributed by atoms with Gasteiger partial charge in [0, 0.05) is 38.5 Å².